The highest BCUT2D eigenvalue weighted by molar-refractivity contribution is 5.91. The van der Waals surface area contributed by atoms with Gasteiger partial charge in [-0.25, -0.2) is 0 Å². The van der Waals surface area contributed by atoms with Crippen LogP contribution < -0.4 is 0 Å². The molecule has 0 spiro atoms. The lowest BCUT2D eigenvalue weighted by Gasteiger charge is -2.19. The fourth-order valence-corrected chi connectivity index (χ4v) is 2.55. The third-order valence-corrected chi connectivity index (χ3v) is 3.63. The molecule has 0 aliphatic heterocycles. The number of H-pyrrole nitrogens is 1. The summed E-state index contributed by atoms with van der Waals surface area (Å²) in [4.78, 5) is 3.54. The maximum Gasteiger partial charge on any atom is 0.0462 e. The van der Waals surface area contributed by atoms with Gasteiger partial charge in [0.25, 0.3) is 0 Å². The topological polar surface area (TPSA) is 15.8 Å². The van der Waals surface area contributed by atoms with Crippen LogP contribution >= 0.6 is 0 Å². The van der Waals surface area contributed by atoms with Crippen LogP contribution in [0.2, 0.25) is 0 Å². The Kier molecular flexibility index (Phi) is 2.19. The van der Waals surface area contributed by atoms with E-state index in [2.05, 4.69) is 56.1 Å². The van der Waals surface area contributed by atoms with Crippen molar-refractivity contribution >= 4 is 17.0 Å². The Bertz CT molecular complexity index is 594. The van der Waals surface area contributed by atoms with Gasteiger partial charge in [0, 0.05) is 22.2 Å². The van der Waals surface area contributed by atoms with E-state index in [9.17, 15) is 0 Å². The predicted octanol–water partition coefficient (Wildman–Crippen LogP) is 4.42. The SMILES string of the molecule is CC(C)(C)c1ccc2[nH]c3c(c2c1)C=CCC3. The summed E-state index contributed by atoms with van der Waals surface area (Å²) in [6.45, 7) is 6.80. The van der Waals surface area contributed by atoms with E-state index >= 15 is 0 Å². The molecule has 0 atom stereocenters. The van der Waals surface area contributed by atoms with Crippen molar-refractivity contribution < 1.29 is 0 Å². The highest BCUT2D eigenvalue weighted by atomic mass is 14.7. The molecular formula is C16H19N. The van der Waals surface area contributed by atoms with Gasteiger partial charge in [-0.15, -0.1) is 0 Å². The Morgan fingerprint density at radius 1 is 1.18 bits per heavy atom. The Labute approximate surface area is 103 Å². The van der Waals surface area contributed by atoms with Gasteiger partial charge in [0.1, 0.15) is 0 Å². The number of allylic oxidation sites excluding steroid dienone is 1. The minimum Gasteiger partial charge on any atom is -0.358 e. The molecule has 1 nitrogen and oxygen atoms in total. The fourth-order valence-electron chi connectivity index (χ4n) is 2.55. The molecule has 0 radical (unpaired) electrons. The summed E-state index contributed by atoms with van der Waals surface area (Å²) < 4.78 is 0. The number of aromatic amines is 1. The number of hydrogen-bond donors (Lipinski definition) is 1. The number of benzene rings is 1. The summed E-state index contributed by atoms with van der Waals surface area (Å²) in [6, 6.07) is 6.82. The third kappa shape index (κ3) is 1.70. The summed E-state index contributed by atoms with van der Waals surface area (Å²) in [5.74, 6) is 0. The Morgan fingerprint density at radius 2 is 2.00 bits per heavy atom. The van der Waals surface area contributed by atoms with E-state index in [1.54, 1.807) is 0 Å². The second-order valence-electron chi connectivity index (χ2n) is 5.97. The molecule has 0 unspecified atom stereocenters. The molecule has 1 N–H and O–H groups in total. The minimum absolute atomic E-state index is 0.219. The smallest absolute Gasteiger partial charge is 0.0462 e. The van der Waals surface area contributed by atoms with Crippen LogP contribution in [-0.4, -0.2) is 4.98 Å². The van der Waals surface area contributed by atoms with E-state index in [4.69, 9.17) is 0 Å². The molecule has 1 heterocycles. The number of fused-ring (bicyclic) bond motifs is 3. The standard InChI is InChI=1S/C16H19N/c1-16(2,3)11-8-9-15-13(10-11)12-6-4-5-7-14(12)17-15/h4,6,8-10,17H,5,7H2,1-3H3. The molecule has 1 aliphatic carbocycles. The van der Waals surface area contributed by atoms with Gasteiger partial charge in [-0.05, 0) is 36.0 Å². The zero-order valence-corrected chi connectivity index (χ0v) is 10.8. The van der Waals surface area contributed by atoms with Crippen molar-refractivity contribution in [3.8, 4) is 0 Å². The Balaban J connectivity index is 2.26. The highest BCUT2D eigenvalue weighted by Crippen LogP contribution is 2.31. The lowest BCUT2D eigenvalue weighted by atomic mass is 9.86. The summed E-state index contributed by atoms with van der Waals surface area (Å²) in [5.41, 5.74) is 5.70. The highest BCUT2D eigenvalue weighted by Gasteiger charge is 2.17. The summed E-state index contributed by atoms with van der Waals surface area (Å²) in [7, 11) is 0. The zero-order chi connectivity index (χ0) is 12.0. The Hall–Kier alpha value is -1.50. The first-order valence-electron chi connectivity index (χ1n) is 6.37. The maximum atomic E-state index is 3.54. The molecule has 0 saturated heterocycles. The molecule has 17 heavy (non-hydrogen) atoms. The molecule has 1 aromatic carbocycles. The van der Waals surface area contributed by atoms with Crippen molar-refractivity contribution in [2.75, 3.05) is 0 Å². The van der Waals surface area contributed by atoms with Crippen LogP contribution in [0.5, 0.6) is 0 Å². The van der Waals surface area contributed by atoms with Crippen LogP contribution in [-0.2, 0) is 11.8 Å². The average molecular weight is 225 g/mol. The lowest BCUT2D eigenvalue weighted by molar-refractivity contribution is 0.591. The van der Waals surface area contributed by atoms with Gasteiger partial charge in [0.2, 0.25) is 0 Å². The quantitative estimate of drug-likeness (QED) is 0.683. The van der Waals surface area contributed by atoms with Gasteiger partial charge in [0.15, 0.2) is 0 Å². The number of rotatable bonds is 0. The molecule has 0 saturated carbocycles. The van der Waals surface area contributed by atoms with Crippen LogP contribution in [0, 0.1) is 0 Å². The molecule has 3 rings (SSSR count). The second-order valence-corrected chi connectivity index (χ2v) is 5.97. The average Bonchev–Trinajstić information content (AvgIpc) is 2.65. The van der Waals surface area contributed by atoms with Crippen molar-refractivity contribution in [1.82, 2.24) is 4.98 Å². The van der Waals surface area contributed by atoms with E-state index in [1.807, 2.05) is 0 Å². The summed E-state index contributed by atoms with van der Waals surface area (Å²) in [6.07, 6.45) is 6.85. The molecule has 88 valence electrons. The molecular weight excluding hydrogens is 206 g/mol. The largest absolute Gasteiger partial charge is 0.358 e. The van der Waals surface area contributed by atoms with E-state index in [1.165, 1.54) is 27.7 Å². The molecule has 0 bridgehead atoms. The zero-order valence-electron chi connectivity index (χ0n) is 10.8. The Morgan fingerprint density at radius 3 is 2.76 bits per heavy atom. The van der Waals surface area contributed by atoms with Crippen LogP contribution in [0.1, 0.15) is 44.0 Å². The van der Waals surface area contributed by atoms with Crippen molar-refractivity contribution in [2.24, 2.45) is 0 Å². The molecule has 0 fully saturated rings. The molecule has 2 aromatic rings. The van der Waals surface area contributed by atoms with Crippen LogP contribution in [0.4, 0.5) is 0 Å². The predicted molar refractivity (Wildman–Crippen MR) is 74.4 cm³/mol. The molecule has 1 aromatic heterocycles. The van der Waals surface area contributed by atoms with Gasteiger partial charge < -0.3 is 4.98 Å². The number of hydrogen-bond acceptors (Lipinski definition) is 0. The van der Waals surface area contributed by atoms with Crippen LogP contribution in [0.15, 0.2) is 24.3 Å². The minimum atomic E-state index is 0.219. The van der Waals surface area contributed by atoms with Gasteiger partial charge in [0.05, 0.1) is 0 Å². The number of aromatic nitrogens is 1. The monoisotopic (exact) mass is 225 g/mol. The van der Waals surface area contributed by atoms with Crippen LogP contribution in [0.3, 0.4) is 0 Å². The van der Waals surface area contributed by atoms with Gasteiger partial charge in [-0.3, -0.25) is 0 Å². The molecule has 0 amide bonds. The van der Waals surface area contributed by atoms with Crippen molar-refractivity contribution in [1.29, 1.82) is 0 Å². The first-order valence-corrected chi connectivity index (χ1v) is 6.37. The van der Waals surface area contributed by atoms with Crippen molar-refractivity contribution in [3.63, 3.8) is 0 Å². The van der Waals surface area contributed by atoms with Gasteiger partial charge in [-0.1, -0.05) is 39.0 Å². The fraction of sp³-hybridized carbons (Fsp3) is 0.375. The summed E-state index contributed by atoms with van der Waals surface area (Å²) >= 11 is 0. The third-order valence-electron chi connectivity index (χ3n) is 3.63. The van der Waals surface area contributed by atoms with E-state index in [0.29, 0.717) is 0 Å². The van der Waals surface area contributed by atoms with Crippen molar-refractivity contribution in [3.05, 3.63) is 41.1 Å². The maximum absolute atomic E-state index is 3.54. The van der Waals surface area contributed by atoms with Gasteiger partial charge in [-0.2, -0.15) is 0 Å². The van der Waals surface area contributed by atoms with Crippen molar-refractivity contribution in [2.45, 2.75) is 39.0 Å². The van der Waals surface area contributed by atoms with Crippen LogP contribution in [0.25, 0.3) is 17.0 Å². The number of aryl methyl sites for hydroxylation is 1. The number of nitrogens with one attached hydrogen (secondary N) is 1. The second kappa shape index (κ2) is 3.49. The van der Waals surface area contributed by atoms with E-state index < -0.39 is 0 Å². The molecule has 1 heteroatoms. The molecule has 1 aliphatic rings. The van der Waals surface area contributed by atoms with E-state index in [0.717, 1.165) is 12.8 Å². The first kappa shape index (κ1) is 10.6. The van der Waals surface area contributed by atoms with E-state index in [-0.39, 0.29) is 5.41 Å². The summed E-state index contributed by atoms with van der Waals surface area (Å²) in [5, 5.41) is 1.38. The first-order chi connectivity index (χ1) is 8.05. The lowest BCUT2D eigenvalue weighted by Crippen LogP contribution is -2.10. The normalized spacial score (nSPS) is 15.2. The van der Waals surface area contributed by atoms with Gasteiger partial charge >= 0.3 is 0 Å².